The summed E-state index contributed by atoms with van der Waals surface area (Å²) in [6, 6.07) is 12.0. The van der Waals surface area contributed by atoms with Gasteiger partial charge in [0.05, 0.1) is 0 Å². The van der Waals surface area contributed by atoms with Gasteiger partial charge in [0, 0.05) is 0 Å². The average molecular weight is 328 g/mol. The maximum Gasteiger partial charge on any atom is 0.466 e. The largest absolute Gasteiger partial charge is 0.466 e. The summed E-state index contributed by atoms with van der Waals surface area (Å²) < 4.78 is 17.8. The number of hydrogen-bond acceptors (Lipinski definition) is 2. The third kappa shape index (κ3) is 144. The van der Waals surface area contributed by atoms with E-state index in [2.05, 4.69) is 0 Å². The van der Waals surface area contributed by atoms with E-state index in [-0.39, 0.29) is 16.4 Å². The Hall–Kier alpha value is -0.680. The fourth-order valence-corrected chi connectivity index (χ4v) is 0.385. The summed E-state index contributed by atoms with van der Waals surface area (Å²) in [6.07, 6.45) is 0. The Bertz CT molecular complexity index is 280. The second kappa shape index (κ2) is 15.4. The van der Waals surface area contributed by atoms with Gasteiger partial charge in [-0.25, -0.2) is 9.13 Å². The minimum absolute atomic E-state index is 0. The summed E-state index contributed by atoms with van der Waals surface area (Å²) in [6.45, 7) is 0. The van der Waals surface area contributed by atoms with Crippen molar-refractivity contribution in [2.75, 3.05) is 0 Å². The van der Waals surface area contributed by atoms with Gasteiger partial charge in [-0.05, 0) is 0 Å². The Morgan fingerprint density at radius 2 is 0.526 bits per heavy atom. The molecular weight excluding hydrogens is 310 g/mol. The first-order chi connectivity index (χ1) is 7.00. The van der Waals surface area contributed by atoms with Crippen molar-refractivity contribution in [3.63, 3.8) is 0 Å². The number of hydrogen-bond donors (Lipinski definition) is 6. The molecule has 0 spiro atoms. The van der Waals surface area contributed by atoms with Crippen LogP contribution in [0.3, 0.4) is 0 Å². The van der Waals surface area contributed by atoms with E-state index in [4.69, 9.17) is 38.5 Å². The van der Waals surface area contributed by atoms with Crippen molar-refractivity contribution >= 4 is 15.6 Å². The van der Waals surface area contributed by atoms with Crippen molar-refractivity contribution in [2.45, 2.75) is 0 Å². The third-order valence-corrected chi connectivity index (χ3v) is 0.667. The SMILES string of the molecule is O.O.O.O=P(O)(O)O.O=P(O)(O)O.c1ccccc1. The molecule has 0 fully saturated rings. The van der Waals surface area contributed by atoms with E-state index >= 15 is 0 Å². The molecule has 0 aromatic heterocycles. The third-order valence-electron chi connectivity index (χ3n) is 0.667. The van der Waals surface area contributed by atoms with E-state index in [0.717, 1.165) is 0 Å². The zero-order valence-electron chi connectivity index (χ0n) is 9.36. The van der Waals surface area contributed by atoms with Crippen LogP contribution < -0.4 is 0 Å². The van der Waals surface area contributed by atoms with Crippen molar-refractivity contribution in [2.24, 2.45) is 0 Å². The molecule has 0 aliphatic rings. The highest BCUT2D eigenvalue weighted by molar-refractivity contribution is 7.45. The quantitative estimate of drug-likeness (QED) is 0.273. The molecule has 0 unspecified atom stereocenters. The van der Waals surface area contributed by atoms with E-state index in [1.807, 2.05) is 36.4 Å². The van der Waals surface area contributed by atoms with Gasteiger partial charge in [-0.15, -0.1) is 0 Å². The number of phosphoric acid groups is 2. The molecule has 12 N–H and O–H groups in total. The normalized spacial score (nSPS) is 8.74. The van der Waals surface area contributed by atoms with Crippen LogP contribution in [0, 0.1) is 0 Å². The van der Waals surface area contributed by atoms with Crippen LogP contribution in [0.2, 0.25) is 0 Å². The van der Waals surface area contributed by atoms with Gasteiger partial charge in [0.25, 0.3) is 0 Å². The molecule has 1 rings (SSSR count). The minimum atomic E-state index is -4.64. The Labute approximate surface area is 108 Å². The monoisotopic (exact) mass is 328 g/mol. The van der Waals surface area contributed by atoms with Crippen molar-refractivity contribution in [1.82, 2.24) is 0 Å². The second-order valence-corrected chi connectivity index (χ2v) is 4.23. The molecule has 0 atom stereocenters. The first kappa shape index (κ1) is 31.0. The topological polar surface area (TPSA) is 250 Å². The van der Waals surface area contributed by atoms with Crippen LogP contribution in [0.15, 0.2) is 36.4 Å². The van der Waals surface area contributed by atoms with Crippen molar-refractivity contribution < 1.29 is 54.9 Å². The van der Waals surface area contributed by atoms with E-state index in [9.17, 15) is 0 Å². The van der Waals surface area contributed by atoms with Crippen LogP contribution in [0.25, 0.3) is 0 Å². The number of rotatable bonds is 0. The smallest absolute Gasteiger partial charge is 0.412 e. The van der Waals surface area contributed by atoms with E-state index in [1.54, 1.807) is 0 Å². The summed E-state index contributed by atoms with van der Waals surface area (Å²) >= 11 is 0. The molecule has 1 aromatic rings. The molecule has 0 saturated heterocycles. The summed E-state index contributed by atoms with van der Waals surface area (Å²) in [7, 11) is -9.28. The fraction of sp³-hybridized carbons (Fsp3) is 0. The average Bonchev–Trinajstić information content (AvgIpc) is 2.01. The Morgan fingerprint density at radius 3 is 0.579 bits per heavy atom. The molecule has 0 heterocycles. The highest BCUT2D eigenvalue weighted by Gasteiger charge is 2.00. The molecule has 0 aliphatic carbocycles. The lowest BCUT2D eigenvalue weighted by Gasteiger charge is -1.82. The van der Waals surface area contributed by atoms with Gasteiger partial charge < -0.3 is 45.8 Å². The predicted molar refractivity (Wildman–Crippen MR) is 65.8 cm³/mol. The summed E-state index contributed by atoms with van der Waals surface area (Å²) in [5.74, 6) is 0. The van der Waals surface area contributed by atoms with Crippen molar-refractivity contribution in [1.29, 1.82) is 0 Å². The Balaban J connectivity index is -0.0000000482. The fourth-order valence-electron chi connectivity index (χ4n) is 0.385. The van der Waals surface area contributed by atoms with Gasteiger partial charge in [0.1, 0.15) is 0 Å². The summed E-state index contributed by atoms with van der Waals surface area (Å²) in [4.78, 5) is 43.1. The molecule has 13 heteroatoms. The zero-order chi connectivity index (χ0) is 13.2. The van der Waals surface area contributed by atoms with Crippen LogP contribution in [0.5, 0.6) is 0 Å². The maximum atomic E-state index is 8.88. The number of benzene rings is 1. The first-order valence-electron chi connectivity index (χ1n) is 3.57. The first-order valence-corrected chi connectivity index (χ1v) is 6.70. The zero-order valence-corrected chi connectivity index (χ0v) is 11.1. The summed E-state index contributed by atoms with van der Waals surface area (Å²) in [5, 5.41) is 0. The van der Waals surface area contributed by atoms with Gasteiger partial charge in [-0.3, -0.25) is 0 Å². The lowest BCUT2D eigenvalue weighted by molar-refractivity contribution is 0.272. The van der Waals surface area contributed by atoms with Crippen LogP contribution in [-0.4, -0.2) is 45.8 Å². The molecule has 118 valence electrons. The molecule has 0 radical (unpaired) electrons. The van der Waals surface area contributed by atoms with Crippen LogP contribution >= 0.6 is 15.6 Å². The summed E-state index contributed by atoms with van der Waals surface area (Å²) in [5.41, 5.74) is 0. The van der Waals surface area contributed by atoms with Gasteiger partial charge in [-0.2, -0.15) is 0 Å². The molecule has 0 saturated carbocycles. The van der Waals surface area contributed by atoms with Crippen LogP contribution in [0.4, 0.5) is 0 Å². The lowest BCUT2D eigenvalue weighted by Crippen LogP contribution is -1.66. The van der Waals surface area contributed by atoms with E-state index in [1.165, 1.54) is 0 Å². The molecule has 1 aromatic carbocycles. The minimum Gasteiger partial charge on any atom is -0.412 e. The van der Waals surface area contributed by atoms with Crippen molar-refractivity contribution in [3.8, 4) is 0 Å². The highest BCUT2D eigenvalue weighted by atomic mass is 31.2. The molecule has 11 nitrogen and oxygen atoms in total. The molecule has 0 amide bonds. The highest BCUT2D eigenvalue weighted by Crippen LogP contribution is 2.26. The maximum absolute atomic E-state index is 8.88. The van der Waals surface area contributed by atoms with Gasteiger partial charge in [0.15, 0.2) is 0 Å². The second-order valence-electron chi connectivity index (χ2n) is 2.18. The van der Waals surface area contributed by atoms with Gasteiger partial charge >= 0.3 is 15.6 Å². The Morgan fingerprint density at radius 1 is 0.474 bits per heavy atom. The van der Waals surface area contributed by atoms with Gasteiger partial charge in [0.2, 0.25) is 0 Å². The molecule has 0 aliphatic heterocycles. The standard InChI is InChI=1S/C6H6.2H3O4P.3H2O/c1-2-4-6-5-3-1;2*1-5(2,3)4;;;/h1-6H;2*(H3,1,2,3,4);3*1H2. The van der Waals surface area contributed by atoms with Crippen LogP contribution in [0.1, 0.15) is 0 Å². The van der Waals surface area contributed by atoms with E-state index in [0.29, 0.717) is 0 Å². The molecular formula is C6H18O11P2. The van der Waals surface area contributed by atoms with E-state index < -0.39 is 15.6 Å². The molecule has 19 heavy (non-hydrogen) atoms. The predicted octanol–water partition coefficient (Wildman–Crippen LogP) is -2.64. The van der Waals surface area contributed by atoms with Gasteiger partial charge in [-0.1, -0.05) is 36.4 Å². The molecule has 0 bridgehead atoms. The lowest BCUT2D eigenvalue weighted by atomic mass is 10.4. The van der Waals surface area contributed by atoms with Crippen LogP contribution in [-0.2, 0) is 9.13 Å². The van der Waals surface area contributed by atoms with Crippen molar-refractivity contribution in [3.05, 3.63) is 36.4 Å². The Kier molecular flexibility index (Phi) is 25.1.